The monoisotopic (exact) mass is 553 g/mol. The third kappa shape index (κ3) is 6.18. The Morgan fingerprint density at radius 2 is 1.90 bits per heavy atom. The largest absolute Gasteiger partial charge is 0.416 e. The molecular formula is C28H30F3N7O2. The molecule has 2 fully saturated rings. The number of hydrogen-bond donors (Lipinski definition) is 2. The second-order valence-corrected chi connectivity index (χ2v) is 9.69. The van der Waals surface area contributed by atoms with E-state index in [9.17, 15) is 18.0 Å². The number of piperazine rings is 1. The highest BCUT2D eigenvalue weighted by Crippen LogP contribution is 2.38. The molecule has 1 amide bonds. The fourth-order valence-electron chi connectivity index (χ4n) is 4.82. The fourth-order valence-corrected chi connectivity index (χ4v) is 4.82. The summed E-state index contributed by atoms with van der Waals surface area (Å²) in [6, 6.07) is 12.2. The molecule has 2 aliphatic heterocycles. The molecule has 1 atom stereocenters. The summed E-state index contributed by atoms with van der Waals surface area (Å²) in [6.45, 7) is 7.39. The van der Waals surface area contributed by atoms with Crippen LogP contribution in [0.15, 0.2) is 67.5 Å². The minimum Gasteiger partial charge on any atom is -0.367 e. The molecule has 0 radical (unpaired) electrons. The summed E-state index contributed by atoms with van der Waals surface area (Å²) in [5.41, 5.74) is 2.01. The van der Waals surface area contributed by atoms with Gasteiger partial charge in [-0.1, -0.05) is 18.7 Å². The van der Waals surface area contributed by atoms with Crippen molar-refractivity contribution in [1.82, 2.24) is 14.9 Å². The number of carbonyl (C=O) groups excluding carboxylic acids is 1. The molecule has 2 N–H and O–H groups in total. The number of halogens is 3. The molecular weight excluding hydrogens is 523 g/mol. The number of anilines is 5. The first-order chi connectivity index (χ1) is 19.2. The summed E-state index contributed by atoms with van der Waals surface area (Å²) in [6.07, 6.45) is -1.34. The Kier molecular flexibility index (Phi) is 7.90. The van der Waals surface area contributed by atoms with Crippen molar-refractivity contribution in [2.75, 3.05) is 60.4 Å². The Balaban J connectivity index is 1.37. The number of alkyl halides is 3. The van der Waals surface area contributed by atoms with E-state index in [4.69, 9.17) is 4.84 Å². The van der Waals surface area contributed by atoms with Crippen LogP contribution in [-0.2, 0) is 15.8 Å². The van der Waals surface area contributed by atoms with Crippen LogP contribution < -0.4 is 20.6 Å². The first-order valence-corrected chi connectivity index (χ1v) is 12.9. The number of nitrogens with one attached hydrogen (secondary N) is 2. The minimum absolute atomic E-state index is 0.316. The first-order valence-electron chi connectivity index (χ1n) is 12.9. The number of aromatic nitrogens is 2. The summed E-state index contributed by atoms with van der Waals surface area (Å²) in [4.78, 5) is 31.0. The van der Waals surface area contributed by atoms with E-state index >= 15 is 0 Å². The van der Waals surface area contributed by atoms with E-state index < -0.39 is 17.8 Å². The van der Waals surface area contributed by atoms with Crippen LogP contribution in [-0.4, -0.2) is 60.6 Å². The molecule has 12 heteroatoms. The Bertz CT molecular complexity index is 1380. The number of hydrogen-bond acceptors (Lipinski definition) is 8. The van der Waals surface area contributed by atoms with Gasteiger partial charge in [0.05, 0.1) is 29.6 Å². The molecule has 2 saturated heterocycles. The van der Waals surface area contributed by atoms with Crippen molar-refractivity contribution in [2.24, 2.45) is 0 Å². The van der Waals surface area contributed by atoms with Gasteiger partial charge >= 0.3 is 6.18 Å². The number of likely N-dealkylation sites (N-methyl/N-ethyl adjacent to an activating group) is 1. The number of amides is 1. The molecule has 40 heavy (non-hydrogen) atoms. The Morgan fingerprint density at radius 3 is 2.65 bits per heavy atom. The molecule has 3 aromatic rings. The van der Waals surface area contributed by atoms with Gasteiger partial charge in [-0.25, -0.2) is 15.0 Å². The zero-order valence-electron chi connectivity index (χ0n) is 22.0. The van der Waals surface area contributed by atoms with Crippen LogP contribution >= 0.6 is 0 Å². The van der Waals surface area contributed by atoms with Gasteiger partial charge in [-0.05, 0) is 49.0 Å². The van der Waals surface area contributed by atoms with Crippen molar-refractivity contribution < 1.29 is 22.8 Å². The maximum atomic E-state index is 13.3. The molecule has 0 saturated carbocycles. The van der Waals surface area contributed by atoms with Crippen molar-refractivity contribution >= 4 is 34.6 Å². The van der Waals surface area contributed by atoms with Crippen molar-refractivity contribution in [1.29, 1.82) is 0 Å². The van der Waals surface area contributed by atoms with E-state index in [1.54, 1.807) is 12.1 Å². The highest BCUT2D eigenvalue weighted by Gasteiger charge is 2.34. The Labute approximate surface area is 230 Å². The van der Waals surface area contributed by atoms with Gasteiger partial charge in [0.1, 0.15) is 12.1 Å². The molecule has 0 spiro atoms. The van der Waals surface area contributed by atoms with Crippen molar-refractivity contribution in [2.45, 2.75) is 18.6 Å². The Morgan fingerprint density at radius 1 is 1.10 bits per heavy atom. The quantitative estimate of drug-likeness (QED) is 0.396. The summed E-state index contributed by atoms with van der Waals surface area (Å²) in [5.74, 6) is 0.548. The van der Waals surface area contributed by atoms with Gasteiger partial charge in [0.2, 0.25) is 5.91 Å². The predicted molar refractivity (Wildman–Crippen MR) is 148 cm³/mol. The van der Waals surface area contributed by atoms with Crippen LogP contribution in [0.4, 0.5) is 41.9 Å². The average molecular weight is 554 g/mol. The minimum atomic E-state index is -4.43. The van der Waals surface area contributed by atoms with Gasteiger partial charge in [-0.15, -0.1) is 0 Å². The summed E-state index contributed by atoms with van der Waals surface area (Å²) in [7, 11) is 2.08. The highest BCUT2D eigenvalue weighted by molar-refractivity contribution is 6.01. The van der Waals surface area contributed by atoms with Gasteiger partial charge in [0.25, 0.3) is 0 Å². The van der Waals surface area contributed by atoms with E-state index in [1.807, 2.05) is 18.2 Å². The molecule has 9 nitrogen and oxygen atoms in total. The third-order valence-corrected chi connectivity index (χ3v) is 6.94. The standard InChI is InChI=1S/C28H30F3N7O2/c1-3-27(39)35-22-16-21(7-8-24(22)37-12-10-36(2)11-13-37)34-25-17-26(33-18-32-25)38-23(9-14-40-38)19-5-4-6-20(15-19)28(29,30)31/h3-8,15-18,23H,1,9-14H2,2H3,(H,35,39)(H,32,33,34)/t23-/m1/s1. The van der Waals surface area contributed by atoms with Gasteiger partial charge in [0.15, 0.2) is 5.82 Å². The number of benzene rings is 2. The fraction of sp³-hybridized carbons (Fsp3) is 0.321. The smallest absolute Gasteiger partial charge is 0.367 e. The van der Waals surface area contributed by atoms with E-state index in [2.05, 4.69) is 44.0 Å². The summed E-state index contributed by atoms with van der Waals surface area (Å²) < 4.78 is 39.9. The lowest BCUT2D eigenvalue weighted by Crippen LogP contribution is -2.44. The first kappa shape index (κ1) is 27.4. The number of nitrogens with zero attached hydrogens (tertiary/aromatic N) is 5. The van der Waals surface area contributed by atoms with Crippen LogP contribution in [0.25, 0.3) is 0 Å². The second-order valence-electron chi connectivity index (χ2n) is 9.69. The highest BCUT2D eigenvalue weighted by atomic mass is 19.4. The lowest BCUT2D eigenvalue weighted by molar-refractivity contribution is -0.137. The number of hydroxylamine groups is 1. The van der Waals surface area contributed by atoms with Crippen LogP contribution in [0.5, 0.6) is 0 Å². The normalized spacial score (nSPS) is 18.1. The van der Waals surface area contributed by atoms with Crippen molar-refractivity contribution in [3.63, 3.8) is 0 Å². The zero-order valence-corrected chi connectivity index (χ0v) is 22.0. The topological polar surface area (TPSA) is 85.9 Å². The van der Waals surface area contributed by atoms with Crippen LogP contribution in [0.2, 0.25) is 0 Å². The molecule has 0 aliphatic carbocycles. The third-order valence-electron chi connectivity index (χ3n) is 6.94. The number of carbonyl (C=O) groups is 1. The van der Waals surface area contributed by atoms with E-state index in [1.165, 1.54) is 23.5 Å². The SMILES string of the molecule is C=CC(=O)Nc1cc(Nc2cc(N3OCC[C@@H]3c3cccc(C(F)(F)F)c3)ncn2)ccc1N1CCN(C)CC1. The van der Waals surface area contributed by atoms with Crippen LogP contribution in [0.1, 0.15) is 23.6 Å². The van der Waals surface area contributed by atoms with Gasteiger partial charge in [-0.3, -0.25) is 9.63 Å². The maximum absolute atomic E-state index is 13.3. The second kappa shape index (κ2) is 11.5. The van der Waals surface area contributed by atoms with Gasteiger partial charge in [-0.2, -0.15) is 13.2 Å². The van der Waals surface area contributed by atoms with Crippen LogP contribution in [0, 0.1) is 0 Å². The number of rotatable bonds is 7. The van der Waals surface area contributed by atoms with E-state index in [0.717, 1.165) is 44.0 Å². The zero-order chi connectivity index (χ0) is 28.3. The lowest BCUT2D eigenvalue weighted by Gasteiger charge is -2.35. The van der Waals surface area contributed by atoms with E-state index in [0.29, 0.717) is 41.6 Å². The van der Waals surface area contributed by atoms with Gasteiger partial charge < -0.3 is 20.4 Å². The molecule has 5 rings (SSSR count). The lowest BCUT2D eigenvalue weighted by atomic mass is 10.0. The van der Waals surface area contributed by atoms with Crippen molar-refractivity contribution in [3.8, 4) is 0 Å². The maximum Gasteiger partial charge on any atom is 0.416 e. The summed E-state index contributed by atoms with van der Waals surface area (Å²) in [5, 5.41) is 7.65. The molecule has 3 heterocycles. The summed E-state index contributed by atoms with van der Waals surface area (Å²) >= 11 is 0. The molecule has 2 aliphatic rings. The molecule has 0 bridgehead atoms. The van der Waals surface area contributed by atoms with Crippen LogP contribution in [0.3, 0.4) is 0 Å². The van der Waals surface area contributed by atoms with E-state index in [-0.39, 0.29) is 5.91 Å². The molecule has 1 aromatic heterocycles. The molecule has 210 valence electrons. The van der Waals surface area contributed by atoms with Crippen molar-refractivity contribution in [3.05, 3.63) is 78.6 Å². The van der Waals surface area contributed by atoms with Gasteiger partial charge in [0, 0.05) is 44.4 Å². The molecule has 2 aromatic carbocycles. The molecule has 0 unspecified atom stereocenters. The Hall–Kier alpha value is -4.16. The average Bonchev–Trinajstić information content (AvgIpc) is 3.44. The predicted octanol–water partition coefficient (Wildman–Crippen LogP) is 5.00.